The summed E-state index contributed by atoms with van der Waals surface area (Å²) in [5.74, 6) is -0.808. The van der Waals surface area contributed by atoms with Crippen molar-refractivity contribution in [1.82, 2.24) is 0 Å². The molecule has 1 aliphatic carbocycles. The van der Waals surface area contributed by atoms with E-state index in [9.17, 15) is 8.78 Å². The standard InChI is InChI=1S/C17H14F2/c1-11-8-13(9-12-2-3-12)4-6-15(11)16-10-14(18)5-7-17(16)19/h4-10H,2-3H2,1H3. The summed E-state index contributed by atoms with van der Waals surface area (Å²) in [7, 11) is 0. The van der Waals surface area contributed by atoms with Gasteiger partial charge in [-0.3, -0.25) is 0 Å². The highest BCUT2D eigenvalue weighted by Gasteiger charge is 2.12. The minimum Gasteiger partial charge on any atom is -0.207 e. The third kappa shape index (κ3) is 2.58. The lowest BCUT2D eigenvalue weighted by Gasteiger charge is -2.08. The molecule has 0 radical (unpaired) electrons. The van der Waals surface area contributed by atoms with Crippen molar-refractivity contribution < 1.29 is 8.78 Å². The SMILES string of the molecule is Cc1cc(C=C2CC2)ccc1-c1cc(F)ccc1F. The van der Waals surface area contributed by atoms with Gasteiger partial charge in [0.1, 0.15) is 11.6 Å². The molecule has 0 bridgehead atoms. The predicted molar refractivity (Wildman–Crippen MR) is 73.7 cm³/mol. The van der Waals surface area contributed by atoms with Crippen LogP contribution in [0, 0.1) is 18.6 Å². The summed E-state index contributed by atoms with van der Waals surface area (Å²) in [6, 6.07) is 9.39. The van der Waals surface area contributed by atoms with E-state index in [4.69, 9.17) is 0 Å². The van der Waals surface area contributed by atoms with E-state index in [0.29, 0.717) is 5.56 Å². The number of halogens is 2. The Morgan fingerprint density at radius 1 is 0.947 bits per heavy atom. The van der Waals surface area contributed by atoms with Crippen LogP contribution in [0.4, 0.5) is 8.78 Å². The van der Waals surface area contributed by atoms with Gasteiger partial charge in [0.15, 0.2) is 0 Å². The van der Waals surface area contributed by atoms with Gasteiger partial charge >= 0.3 is 0 Å². The quantitative estimate of drug-likeness (QED) is 0.699. The van der Waals surface area contributed by atoms with E-state index in [0.717, 1.165) is 22.8 Å². The van der Waals surface area contributed by atoms with E-state index in [1.54, 1.807) is 0 Å². The Labute approximate surface area is 111 Å². The fraction of sp³-hybridized carbons (Fsp3) is 0.176. The molecule has 2 heteroatoms. The molecule has 0 atom stereocenters. The molecule has 1 fully saturated rings. The molecule has 1 aliphatic rings. The Bertz CT molecular complexity index is 663. The normalized spacial score (nSPS) is 13.5. The smallest absolute Gasteiger partial charge is 0.131 e. The van der Waals surface area contributed by atoms with Crippen LogP contribution in [0.15, 0.2) is 42.0 Å². The van der Waals surface area contributed by atoms with Gasteiger partial charge in [-0.25, -0.2) is 8.78 Å². The van der Waals surface area contributed by atoms with Gasteiger partial charge < -0.3 is 0 Å². The van der Waals surface area contributed by atoms with Crippen molar-refractivity contribution in [3.8, 4) is 11.1 Å². The van der Waals surface area contributed by atoms with Crippen LogP contribution in [0.1, 0.15) is 24.0 Å². The molecule has 0 nitrogen and oxygen atoms in total. The third-order valence-electron chi connectivity index (χ3n) is 3.38. The first-order valence-electron chi connectivity index (χ1n) is 6.39. The minimum absolute atomic E-state index is 0.322. The van der Waals surface area contributed by atoms with Gasteiger partial charge in [0, 0.05) is 5.56 Å². The van der Waals surface area contributed by atoms with Gasteiger partial charge in [-0.2, -0.15) is 0 Å². The highest BCUT2D eigenvalue weighted by atomic mass is 19.1. The Balaban J connectivity index is 2.05. The fourth-order valence-electron chi connectivity index (χ4n) is 2.23. The largest absolute Gasteiger partial charge is 0.207 e. The number of allylic oxidation sites excluding steroid dienone is 1. The lowest BCUT2D eigenvalue weighted by atomic mass is 9.97. The Morgan fingerprint density at radius 2 is 1.74 bits per heavy atom. The van der Waals surface area contributed by atoms with Crippen molar-refractivity contribution >= 4 is 6.08 Å². The molecule has 3 rings (SSSR count). The second-order valence-corrected chi connectivity index (χ2v) is 5.00. The molecular formula is C17H14F2. The fourth-order valence-corrected chi connectivity index (χ4v) is 2.23. The zero-order chi connectivity index (χ0) is 13.4. The molecule has 0 spiro atoms. The van der Waals surface area contributed by atoms with Gasteiger partial charge in [0.25, 0.3) is 0 Å². The summed E-state index contributed by atoms with van der Waals surface area (Å²) >= 11 is 0. The molecule has 0 unspecified atom stereocenters. The average molecular weight is 256 g/mol. The van der Waals surface area contributed by atoms with Gasteiger partial charge in [-0.1, -0.05) is 29.8 Å². The summed E-state index contributed by atoms with van der Waals surface area (Å²) < 4.78 is 27.0. The van der Waals surface area contributed by atoms with Crippen molar-refractivity contribution in [2.75, 3.05) is 0 Å². The number of aryl methyl sites for hydroxylation is 1. The maximum absolute atomic E-state index is 13.8. The zero-order valence-electron chi connectivity index (χ0n) is 10.7. The highest BCUT2D eigenvalue weighted by molar-refractivity contribution is 5.70. The van der Waals surface area contributed by atoms with Crippen LogP contribution in [0.3, 0.4) is 0 Å². The number of rotatable bonds is 2. The summed E-state index contributed by atoms with van der Waals surface area (Å²) in [5, 5.41) is 0. The predicted octanol–water partition coefficient (Wildman–Crippen LogP) is 5.12. The monoisotopic (exact) mass is 256 g/mol. The number of hydrogen-bond acceptors (Lipinski definition) is 0. The first-order chi connectivity index (χ1) is 9.13. The number of benzene rings is 2. The Hall–Kier alpha value is -1.96. The molecule has 0 aliphatic heterocycles. The van der Waals surface area contributed by atoms with Crippen LogP contribution in [-0.2, 0) is 0 Å². The van der Waals surface area contributed by atoms with Crippen LogP contribution < -0.4 is 0 Å². The molecule has 2 aromatic carbocycles. The molecule has 0 heterocycles. The van der Waals surface area contributed by atoms with Crippen molar-refractivity contribution in [3.63, 3.8) is 0 Å². The van der Waals surface area contributed by atoms with Crippen LogP contribution in [-0.4, -0.2) is 0 Å². The van der Waals surface area contributed by atoms with Crippen molar-refractivity contribution in [3.05, 3.63) is 64.7 Å². The number of hydrogen-bond donors (Lipinski definition) is 0. The summed E-state index contributed by atoms with van der Waals surface area (Å²) in [5.41, 5.74) is 4.60. The molecule has 0 N–H and O–H groups in total. The van der Waals surface area contributed by atoms with Gasteiger partial charge in [-0.15, -0.1) is 0 Å². The average Bonchev–Trinajstić information content (AvgIpc) is 3.17. The second kappa shape index (κ2) is 4.61. The van der Waals surface area contributed by atoms with E-state index in [2.05, 4.69) is 6.08 Å². The summed E-state index contributed by atoms with van der Waals surface area (Å²) in [6.45, 7) is 1.93. The zero-order valence-corrected chi connectivity index (χ0v) is 10.7. The first kappa shape index (κ1) is 12.1. The van der Waals surface area contributed by atoms with Gasteiger partial charge in [-0.05, 0) is 54.7 Å². The molecule has 1 saturated carbocycles. The summed E-state index contributed by atoms with van der Waals surface area (Å²) in [4.78, 5) is 0. The molecule has 0 amide bonds. The minimum atomic E-state index is -0.417. The van der Waals surface area contributed by atoms with Crippen molar-refractivity contribution in [2.24, 2.45) is 0 Å². The molecule has 0 saturated heterocycles. The third-order valence-corrected chi connectivity index (χ3v) is 3.38. The van der Waals surface area contributed by atoms with Crippen LogP contribution in [0.25, 0.3) is 17.2 Å². The summed E-state index contributed by atoms with van der Waals surface area (Å²) in [6.07, 6.45) is 4.53. The Morgan fingerprint density at radius 3 is 2.42 bits per heavy atom. The first-order valence-corrected chi connectivity index (χ1v) is 6.39. The lowest BCUT2D eigenvalue weighted by molar-refractivity contribution is 0.603. The van der Waals surface area contributed by atoms with Crippen LogP contribution in [0.5, 0.6) is 0 Å². The maximum atomic E-state index is 13.8. The lowest BCUT2D eigenvalue weighted by Crippen LogP contribution is -1.90. The van der Waals surface area contributed by atoms with Gasteiger partial charge in [0.2, 0.25) is 0 Å². The van der Waals surface area contributed by atoms with Crippen molar-refractivity contribution in [2.45, 2.75) is 19.8 Å². The topological polar surface area (TPSA) is 0 Å². The maximum Gasteiger partial charge on any atom is 0.131 e. The van der Waals surface area contributed by atoms with Crippen LogP contribution in [0.2, 0.25) is 0 Å². The van der Waals surface area contributed by atoms with E-state index in [1.807, 2.05) is 25.1 Å². The molecule has 19 heavy (non-hydrogen) atoms. The second-order valence-electron chi connectivity index (χ2n) is 5.00. The van der Waals surface area contributed by atoms with E-state index < -0.39 is 11.6 Å². The highest BCUT2D eigenvalue weighted by Crippen LogP contribution is 2.32. The Kier molecular flexibility index (Phi) is 2.94. The van der Waals surface area contributed by atoms with E-state index in [1.165, 1.54) is 30.5 Å². The molecular weight excluding hydrogens is 242 g/mol. The van der Waals surface area contributed by atoms with Crippen LogP contribution >= 0.6 is 0 Å². The molecule has 0 aromatic heterocycles. The van der Waals surface area contributed by atoms with E-state index in [-0.39, 0.29) is 0 Å². The molecule has 96 valence electrons. The van der Waals surface area contributed by atoms with Crippen molar-refractivity contribution in [1.29, 1.82) is 0 Å². The van der Waals surface area contributed by atoms with E-state index >= 15 is 0 Å². The molecule has 2 aromatic rings. The van der Waals surface area contributed by atoms with Gasteiger partial charge in [0.05, 0.1) is 0 Å².